The van der Waals surface area contributed by atoms with E-state index >= 15 is 0 Å². The molecule has 14 heteroatoms. The minimum atomic E-state index is -1.22. The lowest BCUT2D eigenvalue weighted by Gasteiger charge is -2.44. The number of nitrogens with zero attached hydrogens (tertiary/aromatic N) is 5. The third-order valence-electron chi connectivity index (χ3n) is 8.77. The zero-order valence-corrected chi connectivity index (χ0v) is 27.8. The molecule has 2 aromatic heterocycles. The van der Waals surface area contributed by atoms with Crippen LogP contribution in [-0.2, 0) is 20.9 Å². The number of amides is 3. The van der Waals surface area contributed by atoms with E-state index < -0.39 is 35.4 Å². The molecule has 1 aliphatic heterocycles. The van der Waals surface area contributed by atoms with Gasteiger partial charge in [-0.05, 0) is 84.1 Å². The van der Waals surface area contributed by atoms with E-state index in [1.54, 1.807) is 36.0 Å². The lowest BCUT2D eigenvalue weighted by atomic mass is 9.87. The highest BCUT2D eigenvalue weighted by molar-refractivity contribution is 7.19. The van der Waals surface area contributed by atoms with E-state index in [0.29, 0.717) is 42.0 Å². The van der Waals surface area contributed by atoms with Gasteiger partial charge in [0, 0.05) is 17.2 Å². The highest BCUT2D eigenvalue weighted by Gasteiger charge is 2.46. The van der Waals surface area contributed by atoms with Crippen molar-refractivity contribution in [2.24, 2.45) is 5.92 Å². The number of carbonyl (C=O) groups is 3. The largest absolute Gasteiger partial charge is 0.496 e. The number of carbonyl (C=O) groups excluding carboxylic acids is 2. The Hall–Kier alpha value is -4.04. The molecule has 3 heterocycles. The molecule has 0 saturated heterocycles. The van der Waals surface area contributed by atoms with Crippen LogP contribution >= 0.6 is 11.3 Å². The van der Waals surface area contributed by atoms with Crippen LogP contribution in [0.5, 0.6) is 5.75 Å². The van der Waals surface area contributed by atoms with Crippen LogP contribution in [0.2, 0.25) is 0 Å². The first-order valence-corrected chi connectivity index (χ1v) is 16.2. The van der Waals surface area contributed by atoms with Gasteiger partial charge in [-0.25, -0.2) is 9.18 Å². The number of anilines is 1. The van der Waals surface area contributed by atoms with Crippen LogP contribution in [0.15, 0.2) is 30.6 Å². The number of hydrogen-bond donors (Lipinski definition) is 2. The Labute approximate surface area is 271 Å². The average Bonchev–Trinajstić information content (AvgIpc) is 3.65. The predicted molar refractivity (Wildman–Crippen MR) is 170 cm³/mol. The number of aliphatic carboxylic acids is 1. The molecular formula is C32H41FN6O6S. The maximum Gasteiger partial charge on any atom is 0.326 e. The molecule has 2 aliphatic rings. The molecule has 0 bridgehead atoms. The molecule has 0 spiro atoms. The predicted octanol–water partition coefficient (Wildman–Crippen LogP) is 5.23. The third kappa shape index (κ3) is 6.59. The van der Waals surface area contributed by atoms with E-state index in [-0.39, 0.29) is 31.1 Å². The van der Waals surface area contributed by atoms with E-state index in [0.717, 1.165) is 16.1 Å². The second-order valence-electron chi connectivity index (χ2n) is 12.6. The van der Waals surface area contributed by atoms with Crippen LogP contribution in [0.1, 0.15) is 76.2 Å². The molecule has 12 nitrogen and oxygen atoms in total. The zero-order valence-electron chi connectivity index (χ0n) is 26.9. The highest BCUT2D eigenvalue weighted by atomic mass is 32.1. The van der Waals surface area contributed by atoms with E-state index in [9.17, 15) is 23.9 Å². The molecule has 1 saturated carbocycles. The van der Waals surface area contributed by atoms with E-state index in [4.69, 9.17) is 9.47 Å². The summed E-state index contributed by atoms with van der Waals surface area (Å²) in [7, 11) is 1.49. The van der Waals surface area contributed by atoms with Gasteiger partial charge in [-0.1, -0.05) is 11.3 Å². The number of carboxylic acid groups (broad SMARTS) is 1. The number of fused-ring (bicyclic) bond motifs is 1. The molecule has 0 unspecified atom stereocenters. The molecule has 2 N–H and O–H groups in total. The number of benzene rings is 1. The van der Waals surface area contributed by atoms with Crippen LogP contribution in [0.25, 0.3) is 5.00 Å². The molecule has 46 heavy (non-hydrogen) atoms. The van der Waals surface area contributed by atoms with Crippen LogP contribution < -0.4 is 15.0 Å². The number of urea groups is 1. The van der Waals surface area contributed by atoms with E-state index in [1.807, 2.05) is 20.8 Å². The maximum absolute atomic E-state index is 14.8. The first kappa shape index (κ1) is 33.3. The number of ether oxygens (including phenoxy) is 2. The molecule has 0 radical (unpaired) electrons. The first-order valence-electron chi connectivity index (χ1n) is 15.4. The van der Waals surface area contributed by atoms with Gasteiger partial charge in [0.2, 0.25) is 5.91 Å². The maximum atomic E-state index is 14.8. The summed E-state index contributed by atoms with van der Waals surface area (Å²) in [4.78, 5) is 44.2. The first-order chi connectivity index (χ1) is 21.8. The SMILES string of the molecule is COc1ccc(F)cc1[C@H](CN1C(=O)N(C(C)(C)C(=O)NC(C)C)Cc2c1sc(-n1nccn1)c2C)O[C@H]1CC[C@@H](C(=O)O)CC1. The second-order valence-corrected chi connectivity index (χ2v) is 13.6. The fourth-order valence-electron chi connectivity index (χ4n) is 6.07. The molecular weight excluding hydrogens is 615 g/mol. The van der Waals surface area contributed by atoms with Crippen LogP contribution in [0.4, 0.5) is 14.2 Å². The Morgan fingerprint density at radius 1 is 1.15 bits per heavy atom. The summed E-state index contributed by atoms with van der Waals surface area (Å²) in [5, 5.41) is 22.5. The van der Waals surface area contributed by atoms with Gasteiger partial charge in [-0.2, -0.15) is 10.2 Å². The number of methoxy groups -OCH3 is 1. The lowest BCUT2D eigenvalue weighted by molar-refractivity contribution is -0.144. The van der Waals surface area contributed by atoms with Crippen molar-refractivity contribution >= 4 is 34.2 Å². The lowest BCUT2D eigenvalue weighted by Crippen LogP contribution is -2.62. The van der Waals surface area contributed by atoms with Crippen molar-refractivity contribution in [1.82, 2.24) is 25.2 Å². The molecule has 1 aromatic carbocycles. The minimum Gasteiger partial charge on any atom is -0.496 e. The average molecular weight is 657 g/mol. The number of aromatic nitrogens is 3. The fourth-order valence-corrected chi connectivity index (χ4v) is 7.31. The van der Waals surface area contributed by atoms with Crippen molar-refractivity contribution < 1.29 is 33.4 Å². The van der Waals surface area contributed by atoms with E-state index in [2.05, 4.69) is 15.5 Å². The Morgan fingerprint density at radius 2 is 1.83 bits per heavy atom. The summed E-state index contributed by atoms with van der Waals surface area (Å²) in [6.07, 6.45) is 3.92. The normalized spacial score (nSPS) is 19.3. The number of nitrogens with one attached hydrogen (secondary N) is 1. The van der Waals surface area contributed by atoms with Crippen molar-refractivity contribution in [3.05, 3.63) is 53.1 Å². The summed E-state index contributed by atoms with van der Waals surface area (Å²) in [6, 6.07) is 3.63. The standard InChI is InChI=1S/C32H41FN6O6S/c1-18(2)36-30(42)32(4,5)38-16-24-19(3)27(39-34-13-14-35-39)46-28(24)37(31(38)43)17-26(23-15-21(33)9-12-25(23)44-6)45-22-10-7-20(8-11-22)29(40)41/h9,12-15,18,20,22,26H,7-8,10-11,16-17H2,1-6H3,(H,36,42)(H,40,41)/t20-,22+,26-/m0/s1. The second kappa shape index (κ2) is 13.4. The molecule has 5 rings (SSSR count). The Kier molecular flexibility index (Phi) is 9.68. The van der Waals surface area contributed by atoms with Gasteiger partial charge in [0.15, 0.2) is 0 Å². The summed E-state index contributed by atoms with van der Waals surface area (Å²) < 4.78 is 27.0. The number of hydrogen-bond acceptors (Lipinski definition) is 8. The van der Waals surface area contributed by atoms with Crippen molar-refractivity contribution in [1.29, 1.82) is 0 Å². The molecule has 1 atom stereocenters. The van der Waals surface area contributed by atoms with Crippen molar-refractivity contribution in [2.45, 2.75) is 90.6 Å². The quantitative estimate of drug-likeness (QED) is 0.286. The van der Waals surface area contributed by atoms with Gasteiger partial charge in [0.25, 0.3) is 0 Å². The van der Waals surface area contributed by atoms with Crippen LogP contribution in [0, 0.1) is 18.7 Å². The summed E-state index contributed by atoms with van der Waals surface area (Å²) >= 11 is 1.35. The number of thiophene rings is 1. The van der Waals surface area contributed by atoms with Gasteiger partial charge < -0.3 is 24.8 Å². The van der Waals surface area contributed by atoms with Gasteiger partial charge >= 0.3 is 12.0 Å². The van der Waals surface area contributed by atoms with Crippen LogP contribution in [0.3, 0.4) is 0 Å². The van der Waals surface area contributed by atoms with Gasteiger partial charge in [-0.3, -0.25) is 14.5 Å². The number of carboxylic acids is 1. The third-order valence-corrected chi connectivity index (χ3v) is 10.1. The minimum absolute atomic E-state index is 0.0190. The summed E-state index contributed by atoms with van der Waals surface area (Å²) in [6.45, 7) is 9.26. The van der Waals surface area contributed by atoms with Gasteiger partial charge in [0.05, 0.1) is 44.6 Å². The van der Waals surface area contributed by atoms with Gasteiger partial charge in [0.1, 0.15) is 33.2 Å². The zero-order chi connectivity index (χ0) is 33.3. The van der Waals surface area contributed by atoms with Gasteiger partial charge in [-0.15, -0.1) is 4.80 Å². The molecule has 1 fully saturated rings. The number of rotatable bonds is 11. The van der Waals surface area contributed by atoms with Crippen molar-refractivity contribution in [3.8, 4) is 10.8 Å². The van der Waals surface area contributed by atoms with Crippen LogP contribution in [-0.4, -0.2) is 74.2 Å². The topological polar surface area (TPSA) is 139 Å². The Morgan fingerprint density at radius 3 is 2.43 bits per heavy atom. The molecule has 1 aliphatic carbocycles. The fraction of sp³-hybridized carbons (Fsp3) is 0.531. The number of halogens is 1. The highest BCUT2D eigenvalue weighted by Crippen LogP contribution is 2.45. The van der Waals surface area contributed by atoms with Crippen molar-refractivity contribution in [3.63, 3.8) is 0 Å². The molecule has 248 valence electrons. The Bertz CT molecular complexity index is 1580. The smallest absolute Gasteiger partial charge is 0.326 e. The Balaban J connectivity index is 1.58. The summed E-state index contributed by atoms with van der Waals surface area (Å²) in [5.41, 5.74) is 0.909. The van der Waals surface area contributed by atoms with Crippen molar-refractivity contribution in [2.75, 3.05) is 18.6 Å². The molecule has 3 aromatic rings. The molecule has 3 amide bonds. The summed E-state index contributed by atoms with van der Waals surface area (Å²) in [5.74, 6) is -1.65. The van der Waals surface area contributed by atoms with E-state index in [1.165, 1.54) is 41.4 Å². The monoisotopic (exact) mass is 656 g/mol.